The molecule has 0 aliphatic heterocycles. The average Bonchev–Trinajstić information content (AvgIpc) is 2.69. The highest BCUT2D eigenvalue weighted by atomic mass is 35.5. The molecule has 1 amide bonds. The summed E-state index contributed by atoms with van der Waals surface area (Å²) in [5, 5.41) is 3.77. The molecule has 30 heavy (non-hydrogen) atoms. The van der Waals surface area contributed by atoms with Crippen molar-refractivity contribution in [1.82, 2.24) is 9.97 Å². The van der Waals surface area contributed by atoms with Gasteiger partial charge in [0.05, 0.1) is 16.5 Å². The van der Waals surface area contributed by atoms with E-state index >= 15 is 0 Å². The molecule has 0 aliphatic carbocycles. The van der Waals surface area contributed by atoms with Crippen molar-refractivity contribution in [2.75, 3.05) is 11.1 Å². The van der Waals surface area contributed by atoms with Crippen LogP contribution in [0.25, 0.3) is 0 Å². The summed E-state index contributed by atoms with van der Waals surface area (Å²) in [5.41, 5.74) is 1.69. The Labute approximate surface area is 191 Å². The lowest BCUT2D eigenvalue weighted by molar-refractivity contribution is -0.113. The zero-order valence-electron chi connectivity index (χ0n) is 15.6. The summed E-state index contributed by atoms with van der Waals surface area (Å²) in [6, 6.07) is 9.05. The summed E-state index contributed by atoms with van der Waals surface area (Å²) in [6.45, 7) is 1.66. The van der Waals surface area contributed by atoms with Crippen molar-refractivity contribution in [3.63, 3.8) is 0 Å². The third-order valence-electron chi connectivity index (χ3n) is 4.18. The Morgan fingerprint density at radius 2 is 1.87 bits per heavy atom. The second-order valence-electron chi connectivity index (χ2n) is 6.29. The topological polar surface area (TPSA) is 74.8 Å². The highest BCUT2D eigenvalue weighted by Crippen LogP contribution is 2.27. The Bertz CT molecular complexity index is 1150. The fraction of sp³-hybridized carbons (Fsp3) is 0.150. The molecule has 156 valence electrons. The van der Waals surface area contributed by atoms with Gasteiger partial charge < -0.3 is 10.3 Å². The van der Waals surface area contributed by atoms with Crippen molar-refractivity contribution < 1.29 is 9.18 Å². The molecule has 1 heterocycles. The molecule has 0 radical (unpaired) electrons. The molecule has 3 aromatic rings. The highest BCUT2D eigenvalue weighted by molar-refractivity contribution is 7.99. The number of hydrogen-bond donors (Lipinski definition) is 2. The summed E-state index contributed by atoms with van der Waals surface area (Å²) in [7, 11) is 0. The van der Waals surface area contributed by atoms with Crippen LogP contribution in [0.2, 0.25) is 15.1 Å². The van der Waals surface area contributed by atoms with Gasteiger partial charge in [-0.15, -0.1) is 0 Å². The minimum atomic E-state index is -0.573. The Kier molecular flexibility index (Phi) is 7.41. The van der Waals surface area contributed by atoms with Gasteiger partial charge in [-0.1, -0.05) is 52.6 Å². The number of H-pyrrole nitrogens is 1. The van der Waals surface area contributed by atoms with E-state index in [9.17, 15) is 14.0 Å². The maximum Gasteiger partial charge on any atom is 0.254 e. The van der Waals surface area contributed by atoms with E-state index in [1.54, 1.807) is 25.1 Å². The standard InChI is InChI=1S/C20H15Cl3FN3O2S/c1-10-17(8-12-13(21)3-2-4-14(12)22)26-20(27-19(10)29)30-9-18(28)25-11-5-6-16(24)15(23)7-11/h2-7H,8-9H2,1H3,(H,25,28)(H,26,27,29). The SMILES string of the molecule is Cc1c(Cc2c(Cl)cccc2Cl)nc(SCC(=O)Nc2ccc(F)c(Cl)c2)[nH]c1=O. The van der Waals surface area contributed by atoms with Gasteiger partial charge in [0.15, 0.2) is 5.16 Å². The van der Waals surface area contributed by atoms with Crippen molar-refractivity contribution >= 4 is 58.2 Å². The van der Waals surface area contributed by atoms with E-state index in [2.05, 4.69) is 15.3 Å². The Morgan fingerprint density at radius 3 is 2.53 bits per heavy atom. The first kappa shape index (κ1) is 22.6. The number of benzene rings is 2. The number of hydrogen-bond acceptors (Lipinski definition) is 4. The maximum atomic E-state index is 13.2. The van der Waals surface area contributed by atoms with E-state index in [4.69, 9.17) is 34.8 Å². The van der Waals surface area contributed by atoms with Crippen LogP contribution in [0.3, 0.4) is 0 Å². The van der Waals surface area contributed by atoms with Crippen LogP contribution < -0.4 is 10.9 Å². The first-order chi connectivity index (χ1) is 14.2. The quantitative estimate of drug-likeness (QED) is 0.356. The summed E-state index contributed by atoms with van der Waals surface area (Å²) in [6.07, 6.45) is 0.280. The lowest BCUT2D eigenvalue weighted by Gasteiger charge is -2.10. The van der Waals surface area contributed by atoms with Gasteiger partial charge in [0.2, 0.25) is 5.91 Å². The van der Waals surface area contributed by atoms with Gasteiger partial charge in [-0.2, -0.15) is 0 Å². The Morgan fingerprint density at radius 1 is 1.17 bits per heavy atom. The summed E-state index contributed by atoms with van der Waals surface area (Å²) in [5.74, 6) is -0.953. The van der Waals surface area contributed by atoms with Gasteiger partial charge in [-0.3, -0.25) is 9.59 Å². The third kappa shape index (κ3) is 5.55. The minimum absolute atomic E-state index is 0.0205. The molecule has 2 N–H and O–H groups in total. The molecule has 1 aromatic heterocycles. The lowest BCUT2D eigenvalue weighted by atomic mass is 10.1. The number of amides is 1. The van der Waals surface area contributed by atoms with Gasteiger partial charge in [0.1, 0.15) is 5.82 Å². The number of thioether (sulfide) groups is 1. The van der Waals surface area contributed by atoms with Crippen LogP contribution in [0.4, 0.5) is 10.1 Å². The highest BCUT2D eigenvalue weighted by Gasteiger charge is 2.14. The number of rotatable bonds is 6. The largest absolute Gasteiger partial charge is 0.325 e. The molecular formula is C20H15Cl3FN3O2S. The molecule has 0 bridgehead atoms. The number of aromatic amines is 1. The lowest BCUT2D eigenvalue weighted by Crippen LogP contribution is -2.18. The second-order valence-corrected chi connectivity index (χ2v) is 8.47. The monoisotopic (exact) mass is 485 g/mol. The van der Waals surface area contributed by atoms with Crippen LogP contribution in [0, 0.1) is 12.7 Å². The molecule has 0 saturated carbocycles. The fourth-order valence-electron chi connectivity index (χ4n) is 2.57. The van der Waals surface area contributed by atoms with Crippen molar-refractivity contribution in [2.24, 2.45) is 0 Å². The van der Waals surface area contributed by atoms with Crippen LogP contribution in [-0.4, -0.2) is 21.6 Å². The molecule has 0 unspecified atom stereocenters. The van der Waals surface area contributed by atoms with Crippen LogP contribution in [0.15, 0.2) is 46.3 Å². The number of nitrogens with one attached hydrogen (secondary N) is 2. The molecule has 0 saturated heterocycles. The van der Waals surface area contributed by atoms with Crippen molar-refractivity contribution in [3.05, 3.63) is 84.5 Å². The van der Waals surface area contributed by atoms with Gasteiger partial charge in [0, 0.05) is 27.7 Å². The number of anilines is 1. The zero-order chi connectivity index (χ0) is 21.8. The van der Waals surface area contributed by atoms with E-state index in [0.29, 0.717) is 32.6 Å². The van der Waals surface area contributed by atoms with E-state index in [1.165, 1.54) is 12.1 Å². The second kappa shape index (κ2) is 9.83. The van der Waals surface area contributed by atoms with Gasteiger partial charge >= 0.3 is 0 Å². The van der Waals surface area contributed by atoms with E-state index in [0.717, 1.165) is 17.8 Å². The molecule has 0 spiro atoms. The first-order valence-corrected chi connectivity index (χ1v) is 10.8. The van der Waals surface area contributed by atoms with E-state index in [1.807, 2.05) is 0 Å². The van der Waals surface area contributed by atoms with E-state index in [-0.39, 0.29) is 33.8 Å². The van der Waals surface area contributed by atoms with Crippen LogP contribution in [-0.2, 0) is 11.2 Å². The number of carbonyl (C=O) groups excluding carboxylic acids is 1. The number of aromatic nitrogens is 2. The van der Waals surface area contributed by atoms with Crippen LogP contribution >= 0.6 is 46.6 Å². The maximum absolute atomic E-state index is 13.2. The third-order valence-corrected chi connectivity index (χ3v) is 6.05. The summed E-state index contributed by atoms with van der Waals surface area (Å²) in [4.78, 5) is 31.6. The first-order valence-electron chi connectivity index (χ1n) is 8.65. The van der Waals surface area contributed by atoms with Crippen LogP contribution in [0.1, 0.15) is 16.8 Å². The minimum Gasteiger partial charge on any atom is -0.325 e. The van der Waals surface area contributed by atoms with Crippen molar-refractivity contribution in [3.8, 4) is 0 Å². The predicted octanol–water partition coefficient (Wildman–Crippen LogP) is 5.50. The van der Waals surface area contributed by atoms with Gasteiger partial charge in [0.25, 0.3) is 5.56 Å². The predicted molar refractivity (Wildman–Crippen MR) is 120 cm³/mol. The Hall–Kier alpha value is -2.06. The summed E-state index contributed by atoms with van der Waals surface area (Å²) < 4.78 is 13.2. The fourth-order valence-corrected chi connectivity index (χ4v) is 3.96. The normalized spacial score (nSPS) is 10.8. The summed E-state index contributed by atoms with van der Waals surface area (Å²) >= 11 is 19.2. The smallest absolute Gasteiger partial charge is 0.254 e. The van der Waals surface area contributed by atoms with Crippen molar-refractivity contribution in [2.45, 2.75) is 18.5 Å². The molecule has 5 nitrogen and oxygen atoms in total. The molecule has 10 heteroatoms. The zero-order valence-corrected chi connectivity index (χ0v) is 18.6. The number of halogens is 4. The van der Waals surface area contributed by atoms with Crippen molar-refractivity contribution in [1.29, 1.82) is 0 Å². The molecule has 2 aromatic carbocycles. The molecule has 0 fully saturated rings. The van der Waals surface area contributed by atoms with E-state index < -0.39 is 5.82 Å². The average molecular weight is 487 g/mol. The number of carbonyl (C=O) groups is 1. The molecular weight excluding hydrogens is 472 g/mol. The van der Waals surface area contributed by atoms with Gasteiger partial charge in [-0.25, -0.2) is 9.37 Å². The molecule has 0 aliphatic rings. The molecule has 3 rings (SSSR count). The molecule has 0 atom stereocenters. The van der Waals surface area contributed by atoms with Crippen LogP contribution in [0.5, 0.6) is 0 Å². The Balaban J connectivity index is 1.73. The number of nitrogens with zero attached hydrogens (tertiary/aromatic N) is 1. The van der Waals surface area contributed by atoms with Gasteiger partial charge in [-0.05, 0) is 42.8 Å².